The zero-order valence-electron chi connectivity index (χ0n) is 15.6. The molecule has 0 atom stereocenters. The minimum Gasteiger partial charge on any atom is -0.381 e. The molecule has 1 aromatic carbocycles. The van der Waals surface area contributed by atoms with E-state index in [9.17, 15) is 17.6 Å². The van der Waals surface area contributed by atoms with Crippen molar-refractivity contribution in [1.82, 2.24) is 9.62 Å². The Morgan fingerprint density at radius 2 is 1.81 bits per heavy atom. The monoisotopic (exact) mass is 398 g/mol. The molecule has 0 saturated carbocycles. The van der Waals surface area contributed by atoms with Crippen LogP contribution in [0.15, 0.2) is 24.3 Å². The van der Waals surface area contributed by atoms with Gasteiger partial charge in [-0.3, -0.25) is 4.79 Å². The quantitative estimate of drug-likeness (QED) is 0.819. The summed E-state index contributed by atoms with van der Waals surface area (Å²) in [5.74, 6) is -0.480. The van der Waals surface area contributed by atoms with Crippen molar-refractivity contribution in [2.24, 2.45) is 5.92 Å². The summed E-state index contributed by atoms with van der Waals surface area (Å²) in [4.78, 5) is 12.7. The molecule has 3 rings (SSSR count). The van der Waals surface area contributed by atoms with Crippen LogP contribution in [0.4, 0.5) is 4.39 Å². The van der Waals surface area contributed by atoms with Gasteiger partial charge in [-0.05, 0) is 43.4 Å². The van der Waals surface area contributed by atoms with Crippen LogP contribution in [0, 0.1) is 11.7 Å². The fourth-order valence-corrected chi connectivity index (χ4v) is 4.86. The number of halogens is 1. The lowest BCUT2D eigenvalue weighted by atomic mass is 9.74. The lowest BCUT2D eigenvalue weighted by Gasteiger charge is -2.38. The highest BCUT2D eigenvalue weighted by Gasteiger charge is 2.36. The zero-order chi connectivity index (χ0) is 19.5. The molecular formula is C19H27FN2O4S. The van der Waals surface area contributed by atoms with Gasteiger partial charge in [-0.1, -0.05) is 12.1 Å². The number of hydrogen-bond donors (Lipinski definition) is 1. The Balaban J connectivity index is 1.62. The van der Waals surface area contributed by atoms with Gasteiger partial charge < -0.3 is 10.1 Å². The predicted molar refractivity (Wildman–Crippen MR) is 100 cm³/mol. The first-order chi connectivity index (χ1) is 12.8. The first kappa shape index (κ1) is 20.2. The number of ether oxygens (including phenoxy) is 1. The summed E-state index contributed by atoms with van der Waals surface area (Å²) in [7, 11) is -3.20. The number of hydrogen-bond acceptors (Lipinski definition) is 4. The topological polar surface area (TPSA) is 75.7 Å². The molecule has 2 aliphatic rings. The molecule has 2 fully saturated rings. The first-order valence-corrected chi connectivity index (χ1v) is 11.2. The Morgan fingerprint density at radius 1 is 1.22 bits per heavy atom. The van der Waals surface area contributed by atoms with Crippen molar-refractivity contribution < 1.29 is 22.3 Å². The molecule has 6 nitrogen and oxygen atoms in total. The fraction of sp³-hybridized carbons (Fsp3) is 0.632. The number of carbonyl (C=O) groups excluding carboxylic acids is 1. The van der Waals surface area contributed by atoms with Gasteiger partial charge in [0.2, 0.25) is 15.9 Å². The Labute approximate surface area is 160 Å². The average molecular weight is 399 g/mol. The Morgan fingerprint density at radius 3 is 2.37 bits per heavy atom. The number of amides is 1. The largest absolute Gasteiger partial charge is 0.381 e. The van der Waals surface area contributed by atoms with Crippen LogP contribution in [-0.4, -0.2) is 57.7 Å². The second-order valence-corrected chi connectivity index (χ2v) is 9.54. The summed E-state index contributed by atoms with van der Waals surface area (Å²) in [6, 6.07) is 6.49. The number of rotatable bonds is 5. The third-order valence-corrected chi connectivity index (χ3v) is 7.10. The molecule has 27 heavy (non-hydrogen) atoms. The molecule has 0 radical (unpaired) electrons. The molecule has 150 valence electrons. The van der Waals surface area contributed by atoms with Crippen LogP contribution in [0.5, 0.6) is 0 Å². The highest BCUT2D eigenvalue weighted by molar-refractivity contribution is 7.88. The van der Waals surface area contributed by atoms with E-state index in [1.807, 2.05) is 0 Å². The number of benzene rings is 1. The minimum absolute atomic E-state index is 0.0314. The van der Waals surface area contributed by atoms with Crippen LogP contribution in [0.25, 0.3) is 0 Å². The zero-order valence-corrected chi connectivity index (χ0v) is 16.4. The molecule has 2 heterocycles. The smallest absolute Gasteiger partial charge is 0.223 e. The number of sulfonamides is 1. The average Bonchev–Trinajstić information content (AvgIpc) is 2.67. The SMILES string of the molecule is CS(=O)(=O)N1CCC(C(=O)NCC2(c3ccc(F)cc3)CCOCC2)CC1. The van der Waals surface area contributed by atoms with E-state index in [-0.39, 0.29) is 23.1 Å². The van der Waals surface area contributed by atoms with Crippen molar-refractivity contribution in [3.8, 4) is 0 Å². The molecule has 0 unspecified atom stereocenters. The van der Waals surface area contributed by atoms with Gasteiger partial charge in [-0.2, -0.15) is 0 Å². The van der Waals surface area contributed by atoms with Gasteiger partial charge in [0.1, 0.15) is 5.82 Å². The van der Waals surface area contributed by atoms with E-state index in [1.54, 1.807) is 12.1 Å². The van der Waals surface area contributed by atoms with E-state index in [4.69, 9.17) is 4.74 Å². The third kappa shape index (κ3) is 4.86. The molecule has 0 aromatic heterocycles. The lowest BCUT2D eigenvalue weighted by Crippen LogP contribution is -2.48. The first-order valence-electron chi connectivity index (χ1n) is 9.37. The highest BCUT2D eigenvalue weighted by atomic mass is 32.2. The summed E-state index contributed by atoms with van der Waals surface area (Å²) >= 11 is 0. The van der Waals surface area contributed by atoms with E-state index >= 15 is 0 Å². The van der Waals surface area contributed by atoms with Gasteiger partial charge in [0.25, 0.3) is 0 Å². The van der Waals surface area contributed by atoms with Gasteiger partial charge in [-0.25, -0.2) is 17.1 Å². The van der Waals surface area contributed by atoms with Crippen LogP contribution in [0.2, 0.25) is 0 Å². The summed E-state index contributed by atoms with van der Waals surface area (Å²) in [5, 5.41) is 3.07. The molecule has 1 amide bonds. The molecule has 8 heteroatoms. The van der Waals surface area contributed by atoms with Crippen molar-refractivity contribution in [2.45, 2.75) is 31.1 Å². The van der Waals surface area contributed by atoms with E-state index in [2.05, 4.69) is 5.32 Å². The number of carbonyl (C=O) groups is 1. The third-order valence-electron chi connectivity index (χ3n) is 5.80. The summed E-state index contributed by atoms with van der Waals surface area (Å²) in [6.45, 7) is 2.47. The van der Waals surface area contributed by atoms with E-state index in [0.717, 1.165) is 18.4 Å². The van der Waals surface area contributed by atoms with Crippen molar-refractivity contribution in [2.75, 3.05) is 39.1 Å². The number of nitrogens with zero attached hydrogens (tertiary/aromatic N) is 1. The standard InChI is InChI=1S/C19H27FN2O4S/c1-27(24,25)22-10-6-15(7-11-22)18(23)21-14-19(8-12-26-13-9-19)16-2-4-17(20)5-3-16/h2-5,15H,6-14H2,1H3,(H,21,23). The minimum atomic E-state index is -3.20. The van der Waals surface area contributed by atoms with E-state index < -0.39 is 10.0 Å². The van der Waals surface area contributed by atoms with Crippen molar-refractivity contribution in [3.63, 3.8) is 0 Å². The van der Waals surface area contributed by atoms with Crippen LogP contribution in [0.3, 0.4) is 0 Å². The van der Waals surface area contributed by atoms with Gasteiger partial charge in [0, 0.05) is 44.2 Å². The maximum absolute atomic E-state index is 13.3. The Hall–Kier alpha value is -1.51. The summed E-state index contributed by atoms with van der Waals surface area (Å²) in [5.41, 5.74) is 0.758. The molecule has 1 N–H and O–H groups in total. The second kappa shape index (κ2) is 8.24. The van der Waals surface area contributed by atoms with Crippen molar-refractivity contribution >= 4 is 15.9 Å². The predicted octanol–water partition coefficient (Wildman–Crippen LogP) is 1.66. The maximum atomic E-state index is 13.3. The highest BCUT2D eigenvalue weighted by Crippen LogP contribution is 2.34. The lowest BCUT2D eigenvalue weighted by molar-refractivity contribution is -0.126. The van der Waals surface area contributed by atoms with Gasteiger partial charge in [0.05, 0.1) is 6.26 Å². The van der Waals surface area contributed by atoms with E-state index in [0.29, 0.717) is 45.7 Å². The van der Waals surface area contributed by atoms with Crippen LogP contribution in [0.1, 0.15) is 31.2 Å². The molecule has 1 aromatic rings. The normalized spacial score (nSPS) is 21.7. The molecule has 2 aliphatic heterocycles. The molecule has 2 saturated heterocycles. The molecule has 0 bridgehead atoms. The van der Waals surface area contributed by atoms with Crippen molar-refractivity contribution in [1.29, 1.82) is 0 Å². The van der Waals surface area contributed by atoms with Crippen LogP contribution in [-0.2, 0) is 25.0 Å². The summed E-state index contributed by atoms with van der Waals surface area (Å²) < 4.78 is 43.4. The van der Waals surface area contributed by atoms with Crippen molar-refractivity contribution in [3.05, 3.63) is 35.6 Å². The number of piperidine rings is 1. The maximum Gasteiger partial charge on any atom is 0.223 e. The fourth-order valence-electron chi connectivity index (χ4n) is 3.98. The Kier molecular flexibility index (Phi) is 6.18. The molecular weight excluding hydrogens is 371 g/mol. The second-order valence-electron chi connectivity index (χ2n) is 7.55. The summed E-state index contributed by atoms with van der Waals surface area (Å²) in [6.07, 6.45) is 3.80. The van der Waals surface area contributed by atoms with Crippen LogP contribution >= 0.6 is 0 Å². The Bertz CT molecular complexity index is 752. The van der Waals surface area contributed by atoms with Gasteiger partial charge in [0.15, 0.2) is 0 Å². The molecule has 0 aliphatic carbocycles. The number of nitrogens with one attached hydrogen (secondary N) is 1. The molecule has 0 spiro atoms. The van der Waals surface area contributed by atoms with E-state index in [1.165, 1.54) is 22.7 Å². The van der Waals surface area contributed by atoms with Gasteiger partial charge in [-0.15, -0.1) is 0 Å². The van der Waals surface area contributed by atoms with Gasteiger partial charge >= 0.3 is 0 Å². The van der Waals surface area contributed by atoms with Crippen LogP contribution < -0.4 is 5.32 Å².